The van der Waals surface area contributed by atoms with Crippen molar-refractivity contribution in [3.63, 3.8) is 0 Å². The van der Waals surface area contributed by atoms with E-state index in [1.54, 1.807) is 0 Å². The summed E-state index contributed by atoms with van der Waals surface area (Å²) in [5.41, 5.74) is 5.19. The number of ketones is 1. The van der Waals surface area contributed by atoms with Crippen molar-refractivity contribution in [2.75, 3.05) is 5.73 Å². The molecule has 2 aromatic rings. The molecule has 0 aliphatic rings. The molecule has 0 amide bonds. The lowest BCUT2D eigenvalue weighted by Gasteiger charge is -2.05. The maximum absolute atomic E-state index is 13.5. The van der Waals surface area contributed by atoms with Crippen LogP contribution in [0, 0.1) is 17.5 Å². The van der Waals surface area contributed by atoms with Crippen molar-refractivity contribution in [2.45, 2.75) is 0 Å². The van der Waals surface area contributed by atoms with Gasteiger partial charge in [0.25, 0.3) is 0 Å². The molecular weight excluding hydrogens is 279 g/mol. The van der Waals surface area contributed by atoms with Gasteiger partial charge in [0.2, 0.25) is 0 Å². The highest BCUT2D eigenvalue weighted by Gasteiger charge is 2.20. The highest BCUT2D eigenvalue weighted by Crippen LogP contribution is 2.23. The van der Waals surface area contributed by atoms with Gasteiger partial charge in [-0.3, -0.25) is 4.79 Å². The molecule has 0 unspecified atom stereocenters. The van der Waals surface area contributed by atoms with Crippen LogP contribution in [0.2, 0.25) is 5.02 Å². The highest BCUT2D eigenvalue weighted by molar-refractivity contribution is 6.33. The summed E-state index contributed by atoms with van der Waals surface area (Å²) in [6.07, 6.45) is 0. The smallest absolute Gasteiger partial charge is 0.196 e. The molecule has 19 heavy (non-hydrogen) atoms. The number of carbonyl (C=O) groups is 1. The number of hydrogen-bond donors (Lipinski definition) is 1. The van der Waals surface area contributed by atoms with Crippen LogP contribution in [0.1, 0.15) is 15.9 Å². The number of hydrogen-bond acceptors (Lipinski definition) is 2. The lowest BCUT2D eigenvalue weighted by atomic mass is 10.0. The van der Waals surface area contributed by atoms with Crippen molar-refractivity contribution in [3.8, 4) is 0 Å². The Balaban J connectivity index is 2.50. The molecular formula is C13H7ClF3NO. The van der Waals surface area contributed by atoms with Crippen LogP contribution in [0.5, 0.6) is 0 Å². The Hall–Kier alpha value is -2.01. The van der Waals surface area contributed by atoms with E-state index in [2.05, 4.69) is 0 Å². The number of carbonyl (C=O) groups excluding carboxylic acids is 1. The van der Waals surface area contributed by atoms with E-state index >= 15 is 0 Å². The number of anilines is 1. The van der Waals surface area contributed by atoms with Crippen molar-refractivity contribution in [1.29, 1.82) is 0 Å². The molecule has 0 saturated carbocycles. The summed E-state index contributed by atoms with van der Waals surface area (Å²) in [4.78, 5) is 12.0. The lowest BCUT2D eigenvalue weighted by Crippen LogP contribution is -2.07. The largest absolute Gasteiger partial charge is 0.398 e. The van der Waals surface area contributed by atoms with Gasteiger partial charge in [-0.15, -0.1) is 0 Å². The van der Waals surface area contributed by atoms with E-state index < -0.39 is 28.8 Å². The molecule has 0 spiro atoms. The Morgan fingerprint density at radius 3 is 2.37 bits per heavy atom. The second-order valence-electron chi connectivity index (χ2n) is 3.79. The molecule has 98 valence electrons. The third-order valence-corrected chi connectivity index (χ3v) is 2.87. The van der Waals surface area contributed by atoms with E-state index in [4.69, 9.17) is 17.3 Å². The summed E-state index contributed by atoms with van der Waals surface area (Å²) in [6, 6.07) is 5.49. The van der Waals surface area contributed by atoms with Crippen molar-refractivity contribution in [2.24, 2.45) is 0 Å². The van der Waals surface area contributed by atoms with Gasteiger partial charge in [-0.2, -0.15) is 0 Å². The van der Waals surface area contributed by atoms with E-state index in [-0.39, 0.29) is 16.3 Å². The first-order valence-corrected chi connectivity index (χ1v) is 5.53. The first-order valence-electron chi connectivity index (χ1n) is 5.15. The molecule has 0 aliphatic heterocycles. The predicted molar refractivity (Wildman–Crippen MR) is 65.6 cm³/mol. The quantitative estimate of drug-likeness (QED) is 0.521. The Morgan fingerprint density at radius 1 is 1.05 bits per heavy atom. The second-order valence-corrected chi connectivity index (χ2v) is 4.20. The Labute approximate surface area is 111 Å². The van der Waals surface area contributed by atoms with Gasteiger partial charge in [-0.05, 0) is 30.3 Å². The molecule has 2 nitrogen and oxygen atoms in total. The molecule has 6 heteroatoms. The van der Waals surface area contributed by atoms with E-state index in [1.165, 1.54) is 18.2 Å². The molecule has 0 saturated heterocycles. The van der Waals surface area contributed by atoms with Crippen LogP contribution in [-0.2, 0) is 0 Å². The minimum Gasteiger partial charge on any atom is -0.398 e. The zero-order valence-electron chi connectivity index (χ0n) is 9.38. The van der Waals surface area contributed by atoms with Crippen LogP contribution in [0.25, 0.3) is 0 Å². The fraction of sp³-hybridized carbons (Fsp3) is 0. The van der Waals surface area contributed by atoms with Gasteiger partial charge in [0.05, 0.1) is 16.3 Å². The summed E-state index contributed by atoms with van der Waals surface area (Å²) in [5, 5.41) is 0.119. The average molecular weight is 286 g/mol. The summed E-state index contributed by atoms with van der Waals surface area (Å²) in [5.74, 6) is -5.38. The zero-order valence-corrected chi connectivity index (χ0v) is 10.1. The van der Waals surface area contributed by atoms with Crippen molar-refractivity contribution >= 4 is 23.1 Å². The monoisotopic (exact) mass is 285 g/mol. The van der Waals surface area contributed by atoms with Crippen molar-refractivity contribution < 1.29 is 18.0 Å². The third kappa shape index (κ3) is 2.42. The molecule has 0 aliphatic carbocycles. The normalized spacial score (nSPS) is 10.5. The van der Waals surface area contributed by atoms with Crippen LogP contribution in [0.15, 0.2) is 30.3 Å². The Morgan fingerprint density at radius 2 is 1.74 bits per heavy atom. The maximum Gasteiger partial charge on any atom is 0.196 e. The molecule has 2 N–H and O–H groups in total. The van der Waals surface area contributed by atoms with E-state index in [0.717, 1.165) is 6.07 Å². The summed E-state index contributed by atoms with van der Waals surface area (Å²) in [6.45, 7) is 0. The minimum atomic E-state index is -1.69. The van der Waals surface area contributed by atoms with Gasteiger partial charge in [0, 0.05) is 5.56 Å². The van der Waals surface area contributed by atoms with Gasteiger partial charge >= 0.3 is 0 Å². The number of rotatable bonds is 2. The second kappa shape index (κ2) is 4.93. The van der Waals surface area contributed by atoms with E-state index in [0.29, 0.717) is 6.07 Å². The molecule has 0 atom stereocenters. The number of nitrogen functional groups attached to an aromatic ring is 1. The van der Waals surface area contributed by atoms with Gasteiger partial charge in [-0.1, -0.05) is 11.6 Å². The zero-order chi connectivity index (χ0) is 14.2. The fourth-order valence-corrected chi connectivity index (χ4v) is 1.71. The summed E-state index contributed by atoms with van der Waals surface area (Å²) in [7, 11) is 0. The SMILES string of the molecule is Nc1ccc(C(=O)c2ccc(F)c(F)c2F)cc1Cl. The van der Waals surface area contributed by atoms with Crippen molar-refractivity contribution in [3.05, 3.63) is 63.9 Å². The number of nitrogens with two attached hydrogens (primary N) is 1. The Bertz CT molecular complexity index is 673. The van der Waals surface area contributed by atoms with Gasteiger partial charge in [-0.25, -0.2) is 13.2 Å². The van der Waals surface area contributed by atoms with Crippen LogP contribution >= 0.6 is 11.6 Å². The highest BCUT2D eigenvalue weighted by atomic mass is 35.5. The standard InChI is InChI=1S/C13H7ClF3NO/c14-8-5-6(1-4-10(8)18)13(19)7-2-3-9(15)12(17)11(7)16/h1-5H,18H2. The maximum atomic E-state index is 13.5. The molecule has 0 aromatic heterocycles. The minimum absolute atomic E-state index is 0.0316. The average Bonchev–Trinajstić information content (AvgIpc) is 2.39. The molecule has 0 radical (unpaired) electrons. The van der Waals surface area contributed by atoms with Crippen LogP contribution in [-0.4, -0.2) is 5.78 Å². The van der Waals surface area contributed by atoms with Crippen LogP contribution in [0.3, 0.4) is 0 Å². The summed E-state index contributed by atoms with van der Waals surface area (Å²) >= 11 is 5.74. The number of benzene rings is 2. The van der Waals surface area contributed by atoms with E-state index in [9.17, 15) is 18.0 Å². The summed E-state index contributed by atoms with van der Waals surface area (Å²) < 4.78 is 39.3. The molecule has 0 heterocycles. The van der Waals surface area contributed by atoms with Gasteiger partial charge in [0.15, 0.2) is 23.2 Å². The van der Waals surface area contributed by atoms with Gasteiger partial charge < -0.3 is 5.73 Å². The number of halogens is 4. The van der Waals surface area contributed by atoms with Gasteiger partial charge in [0.1, 0.15) is 0 Å². The third-order valence-electron chi connectivity index (χ3n) is 2.54. The van der Waals surface area contributed by atoms with Crippen LogP contribution in [0.4, 0.5) is 18.9 Å². The van der Waals surface area contributed by atoms with Crippen molar-refractivity contribution in [1.82, 2.24) is 0 Å². The van der Waals surface area contributed by atoms with E-state index in [1.807, 2.05) is 0 Å². The lowest BCUT2D eigenvalue weighted by molar-refractivity contribution is 0.103. The molecule has 0 bridgehead atoms. The first-order chi connectivity index (χ1) is 8.91. The predicted octanol–water partition coefficient (Wildman–Crippen LogP) is 3.57. The topological polar surface area (TPSA) is 43.1 Å². The van der Waals surface area contributed by atoms with Crippen LogP contribution < -0.4 is 5.73 Å². The first kappa shape index (κ1) is 13.4. The molecule has 2 aromatic carbocycles. The Kier molecular flexibility index (Phi) is 3.48. The molecule has 0 fully saturated rings. The molecule has 2 rings (SSSR count). The fourth-order valence-electron chi connectivity index (χ4n) is 1.53.